The number of benzene rings is 1. The van der Waals surface area contributed by atoms with E-state index in [2.05, 4.69) is 44.3 Å². The van der Waals surface area contributed by atoms with E-state index in [4.69, 9.17) is 12.8 Å². The van der Waals surface area contributed by atoms with Gasteiger partial charge in [0.1, 0.15) is 11.4 Å². The summed E-state index contributed by atoms with van der Waals surface area (Å²) >= 11 is 0. The van der Waals surface area contributed by atoms with E-state index in [9.17, 15) is 5.11 Å². The number of nitrogens with zero attached hydrogens (tertiary/aromatic N) is 4. The van der Waals surface area contributed by atoms with E-state index in [0.29, 0.717) is 34.4 Å². The minimum absolute atomic E-state index is 0.0332. The highest BCUT2D eigenvalue weighted by Gasteiger charge is 2.18. The molecule has 0 spiro atoms. The number of nitrogens with one attached hydrogen (secondary N) is 1. The zero-order chi connectivity index (χ0) is 17.8. The quantitative estimate of drug-likeness (QED) is 0.833. The summed E-state index contributed by atoms with van der Waals surface area (Å²) in [6.45, 7) is 2.05. The molecular formula is C19H19N5O. The molecule has 1 aromatic carbocycles. The Bertz CT molecular complexity index is 848. The molecule has 2 aromatic rings. The van der Waals surface area contributed by atoms with Gasteiger partial charge in [-0.1, -0.05) is 11.8 Å². The lowest BCUT2D eigenvalue weighted by Gasteiger charge is -2.29. The lowest BCUT2D eigenvalue weighted by atomic mass is 10.0. The molecule has 0 aliphatic carbocycles. The molecule has 6 heteroatoms. The van der Waals surface area contributed by atoms with E-state index in [1.807, 2.05) is 0 Å². The number of aromatic hydroxyl groups is 1. The van der Waals surface area contributed by atoms with Crippen LogP contribution in [0.4, 0.5) is 5.95 Å². The fourth-order valence-electron chi connectivity index (χ4n) is 3.02. The number of rotatable bonds is 3. The number of piperidine rings is 1. The maximum Gasteiger partial charge on any atom is 0.242 e. The van der Waals surface area contributed by atoms with E-state index < -0.39 is 0 Å². The molecule has 1 atom stereocenters. The molecule has 2 heterocycles. The van der Waals surface area contributed by atoms with Crippen LogP contribution in [0.25, 0.3) is 11.3 Å². The van der Waals surface area contributed by atoms with Crippen LogP contribution in [0.15, 0.2) is 18.3 Å². The molecule has 1 fully saturated rings. The van der Waals surface area contributed by atoms with Gasteiger partial charge in [0.15, 0.2) is 0 Å². The Morgan fingerprint density at radius 2 is 2.12 bits per heavy atom. The normalized spacial score (nSPS) is 17.5. The Balaban J connectivity index is 1.84. The number of aromatic nitrogens is 3. The molecule has 126 valence electrons. The summed E-state index contributed by atoms with van der Waals surface area (Å²) in [5, 5.41) is 21.8. The number of likely N-dealkylation sites (tertiary alicyclic amines) is 1. The number of likely N-dealkylation sites (N-methyl/N-ethyl adjacent to an activating group) is 1. The van der Waals surface area contributed by atoms with Gasteiger partial charge >= 0.3 is 0 Å². The Morgan fingerprint density at radius 1 is 1.28 bits per heavy atom. The van der Waals surface area contributed by atoms with Crippen molar-refractivity contribution in [3.63, 3.8) is 0 Å². The lowest BCUT2D eigenvalue weighted by molar-refractivity contribution is 0.260. The second kappa shape index (κ2) is 7.21. The van der Waals surface area contributed by atoms with Crippen molar-refractivity contribution in [2.75, 3.05) is 25.5 Å². The highest BCUT2D eigenvalue weighted by Crippen LogP contribution is 2.31. The number of hydrogen-bond donors (Lipinski definition) is 2. The van der Waals surface area contributed by atoms with E-state index in [0.717, 1.165) is 25.9 Å². The minimum Gasteiger partial charge on any atom is -0.507 e. The molecule has 0 radical (unpaired) electrons. The highest BCUT2D eigenvalue weighted by atomic mass is 16.3. The van der Waals surface area contributed by atoms with E-state index in [1.165, 1.54) is 6.07 Å². The van der Waals surface area contributed by atoms with Crippen LogP contribution in [0.2, 0.25) is 0 Å². The van der Waals surface area contributed by atoms with E-state index in [-0.39, 0.29) is 5.75 Å². The van der Waals surface area contributed by atoms with Crippen LogP contribution in [-0.2, 0) is 0 Å². The van der Waals surface area contributed by atoms with Crippen molar-refractivity contribution in [3.8, 4) is 41.7 Å². The Hall–Kier alpha value is -3.09. The lowest BCUT2D eigenvalue weighted by Crippen LogP contribution is -2.40. The predicted octanol–water partition coefficient (Wildman–Crippen LogP) is 1.71. The third-order valence-electron chi connectivity index (χ3n) is 4.22. The molecular weight excluding hydrogens is 314 g/mol. The molecule has 0 saturated carbocycles. The summed E-state index contributed by atoms with van der Waals surface area (Å²) in [6.07, 6.45) is 14.7. The number of phenols is 1. The molecule has 2 N–H and O–H groups in total. The van der Waals surface area contributed by atoms with Crippen LogP contribution in [0.5, 0.6) is 5.75 Å². The molecule has 25 heavy (non-hydrogen) atoms. The van der Waals surface area contributed by atoms with Crippen LogP contribution in [0.3, 0.4) is 0 Å². The fourth-order valence-corrected chi connectivity index (χ4v) is 3.02. The molecule has 1 aliphatic rings. The second-order valence-corrected chi connectivity index (χ2v) is 6.12. The SMILES string of the molecule is C#Cc1cc(O)c(-c2cnc(NC3CCCN(C)C3)nn2)c(C#C)c1. The molecule has 1 saturated heterocycles. The van der Waals surface area contributed by atoms with Gasteiger partial charge in [-0.15, -0.1) is 23.0 Å². The van der Waals surface area contributed by atoms with Crippen LogP contribution in [0, 0.1) is 24.7 Å². The molecule has 3 rings (SSSR count). The Morgan fingerprint density at radius 3 is 2.76 bits per heavy atom. The van der Waals surface area contributed by atoms with Gasteiger partial charge in [-0.05, 0) is 38.6 Å². The van der Waals surface area contributed by atoms with Gasteiger partial charge in [0.05, 0.1) is 11.8 Å². The van der Waals surface area contributed by atoms with Gasteiger partial charge in [-0.2, -0.15) is 0 Å². The smallest absolute Gasteiger partial charge is 0.242 e. The number of terminal acetylenes is 2. The van der Waals surface area contributed by atoms with Gasteiger partial charge < -0.3 is 15.3 Å². The van der Waals surface area contributed by atoms with Crippen LogP contribution in [-0.4, -0.2) is 51.4 Å². The maximum absolute atomic E-state index is 10.2. The Kier molecular flexibility index (Phi) is 4.83. The van der Waals surface area contributed by atoms with Crippen LogP contribution >= 0.6 is 0 Å². The summed E-state index contributed by atoms with van der Waals surface area (Å²) in [5.74, 6) is 5.41. The molecule has 6 nitrogen and oxygen atoms in total. The second-order valence-electron chi connectivity index (χ2n) is 6.12. The standard InChI is InChI=1S/C19H19N5O/c1-4-13-9-14(5-2)18(17(25)10-13)16-11-20-19(23-22-16)21-15-7-6-8-24(3)12-15/h1-2,9-11,15,25H,6-8,12H2,3H3,(H,20,21,23). The average Bonchev–Trinajstić information content (AvgIpc) is 2.62. The van der Waals surface area contributed by atoms with E-state index in [1.54, 1.807) is 12.3 Å². The predicted molar refractivity (Wildman–Crippen MR) is 96.9 cm³/mol. The topological polar surface area (TPSA) is 74.2 Å². The van der Waals surface area contributed by atoms with Gasteiger partial charge in [0.25, 0.3) is 0 Å². The molecule has 0 bridgehead atoms. The molecule has 1 aromatic heterocycles. The average molecular weight is 333 g/mol. The number of hydrogen-bond acceptors (Lipinski definition) is 6. The summed E-state index contributed by atoms with van der Waals surface area (Å²) in [4.78, 5) is 6.58. The van der Waals surface area contributed by atoms with Crippen molar-refractivity contribution in [2.45, 2.75) is 18.9 Å². The largest absolute Gasteiger partial charge is 0.507 e. The summed E-state index contributed by atoms with van der Waals surface area (Å²) in [7, 11) is 2.10. The van der Waals surface area contributed by atoms with Crippen molar-refractivity contribution < 1.29 is 5.11 Å². The first-order valence-electron chi connectivity index (χ1n) is 8.06. The zero-order valence-electron chi connectivity index (χ0n) is 14.0. The number of anilines is 1. The summed E-state index contributed by atoms with van der Waals surface area (Å²) in [6, 6.07) is 3.43. The van der Waals surface area contributed by atoms with E-state index >= 15 is 0 Å². The van der Waals surface area contributed by atoms with Gasteiger partial charge in [-0.25, -0.2) is 4.98 Å². The highest BCUT2D eigenvalue weighted by molar-refractivity contribution is 5.75. The Labute approximate surface area is 147 Å². The third-order valence-corrected chi connectivity index (χ3v) is 4.22. The first kappa shape index (κ1) is 16.8. The van der Waals surface area contributed by atoms with Gasteiger partial charge in [0.2, 0.25) is 5.95 Å². The zero-order valence-corrected chi connectivity index (χ0v) is 14.0. The molecule has 0 amide bonds. The van der Waals surface area contributed by atoms with Crippen molar-refractivity contribution in [1.29, 1.82) is 0 Å². The minimum atomic E-state index is -0.0332. The maximum atomic E-state index is 10.2. The summed E-state index contributed by atoms with van der Waals surface area (Å²) in [5.41, 5.74) is 1.78. The van der Waals surface area contributed by atoms with Crippen molar-refractivity contribution >= 4 is 5.95 Å². The molecule has 1 unspecified atom stereocenters. The fraction of sp³-hybridized carbons (Fsp3) is 0.316. The molecule has 1 aliphatic heterocycles. The van der Waals surface area contributed by atoms with Crippen molar-refractivity contribution in [2.24, 2.45) is 0 Å². The van der Waals surface area contributed by atoms with Gasteiger partial charge in [0, 0.05) is 23.7 Å². The van der Waals surface area contributed by atoms with Gasteiger partial charge in [-0.3, -0.25) is 0 Å². The van der Waals surface area contributed by atoms with Crippen molar-refractivity contribution in [3.05, 3.63) is 29.5 Å². The van der Waals surface area contributed by atoms with Crippen molar-refractivity contribution in [1.82, 2.24) is 20.1 Å². The first-order chi connectivity index (χ1) is 12.1. The first-order valence-corrected chi connectivity index (χ1v) is 8.06. The number of phenolic OH excluding ortho intramolecular Hbond substituents is 1. The summed E-state index contributed by atoms with van der Waals surface area (Å²) < 4.78 is 0. The van der Waals surface area contributed by atoms with Crippen LogP contribution in [0.1, 0.15) is 24.0 Å². The third kappa shape index (κ3) is 3.71. The monoisotopic (exact) mass is 333 g/mol. The van der Waals surface area contributed by atoms with Crippen LogP contribution < -0.4 is 5.32 Å².